The fourth-order valence-corrected chi connectivity index (χ4v) is 3.83. The van der Waals surface area contributed by atoms with Crippen LogP contribution in [0.4, 0.5) is 0 Å². The third-order valence-corrected chi connectivity index (χ3v) is 5.38. The second-order valence-electron chi connectivity index (χ2n) is 7.41. The Morgan fingerprint density at radius 2 is 1.85 bits per heavy atom. The Bertz CT molecular complexity index is 678. The van der Waals surface area contributed by atoms with E-state index in [0.29, 0.717) is 24.5 Å². The second kappa shape index (κ2) is 8.39. The van der Waals surface area contributed by atoms with Crippen molar-refractivity contribution in [1.82, 2.24) is 10.6 Å². The molecule has 5 heteroatoms. The lowest BCUT2D eigenvalue weighted by molar-refractivity contribution is -0.132. The molecule has 1 aromatic carbocycles. The van der Waals surface area contributed by atoms with Crippen molar-refractivity contribution in [2.45, 2.75) is 51.5 Å². The van der Waals surface area contributed by atoms with Crippen LogP contribution in [0.25, 0.3) is 0 Å². The van der Waals surface area contributed by atoms with Gasteiger partial charge in [0.2, 0.25) is 5.91 Å². The molecule has 1 aromatic rings. The Hall–Kier alpha value is -2.30. The van der Waals surface area contributed by atoms with Crippen molar-refractivity contribution in [3.63, 3.8) is 0 Å². The largest absolute Gasteiger partial charge is 0.489 e. The van der Waals surface area contributed by atoms with E-state index in [-0.39, 0.29) is 23.3 Å². The lowest BCUT2D eigenvalue weighted by Crippen LogP contribution is -2.47. The summed E-state index contributed by atoms with van der Waals surface area (Å²) in [6, 6.07) is 7.09. The summed E-state index contributed by atoms with van der Waals surface area (Å²) < 4.78 is 5.79. The summed E-state index contributed by atoms with van der Waals surface area (Å²) in [5, 5.41) is 6.02. The van der Waals surface area contributed by atoms with Gasteiger partial charge in [-0.2, -0.15) is 0 Å². The Balaban J connectivity index is 1.81. The maximum Gasteiger partial charge on any atom is 0.255 e. The predicted molar refractivity (Wildman–Crippen MR) is 101 cm³/mol. The van der Waals surface area contributed by atoms with E-state index in [1.165, 1.54) is 6.42 Å². The quantitative estimate of drug-likeness (QED) is 0.702. The number of para-hydroxylation sites is 1. The van der Waals surface area contributed by atoms with Gasteiger partial charge < -0.3 is 15.4 Å². The molecule has 1 fully saturated rings. The molecule has 1 saturated carbocycles. The molecule has 5 nitrogen and oxygen atoms in total. The molecule has 1 heterocycles. The van der Waals surface area contributed by atoms with E-state index in [0.717, 1.165) is 32.1 Å². The highest BCUT2D eigenvalue weighted by molar-refractivity contribution is 5.97. The minimum atomic E-state index is -0.319. The second-order valence-corrected chi connectivity index (χ2v) is 7.41. The third-order valence-electron chi connectivity index (χ3n) is 5.38. The average Bonchev–Trinajstić information content (AvgIpc) is 2.66. The van der Waals surface area contributed by atoms with Gasteiger partial charge in [0, 0.05) is 12.6 Å². The number of benzene rings is 1. The van der Waals surface area contributed by atoms with Crippen LogP contribution >= 0.6 is 0 Å². The first-order chi connectivity index (χ1) is 12.6. The van der Waals surface area contributed by atoms with Crippen molar-refractivity contribution in [2.24, 2.45) is 5.41 Å². The van der Waals surface area contributed by atoms with Gasteiger partial charge in [-0.3, -0.25) is 9.59 Å². The first-order valence-electron chi connectivity index (χ1n) is 9.57. The predicted octanol–water partition coefficient (Wildman–Crippen LogP) is 3.21. The summed E-state index contributed by atoms with van der Waals surface area (Å²) in [6.45, 7) is 2.72. The fourth-order valence-electron chi connectivity index (χ4n) is 3.83. The van der Waals surface area contributed by atoms with Crippen LogP contribution in [0.3, 0.4) is 0 Å². The van der Waals surface area contributed by atoms with Gasteiger partial charge in [-0.1, -0.05) is 43.5 Å². The molecule has 0 bridgehead atoms. The molecule has 0 saturated heterocycles. The minimum absolute atomic E-state index is 0.112. The molecular weight excluding hydrogens is 328 g/mol. The van der Waals surface area contributed by atoms with Crippen molar-refractivity contribution < 1.29 is 14.3 Å². The Labute approximate surface area is 155 Å². The normalized spacial score (nSPS) is 25.2. The van der Waals surface area contributed by atoms with Crippen LogP contribution in [-0.4, -0.2) is 31.0 Å². The van der Waals surface area contributed by atoms with E-state index in [1.54, 1.807) is 6.07 Å². The van der Waals surface area contributed by atoms with Gasteiger partial charge in [0.25, 0.3) is 5.91 Å². The van der Waals surface area contributed by atoms with Crippen molar-refractivity contribution >= 4 is 11.8 Å². The number of nitrogens with one attached hydrogen (secondary N) is 2. The summed E-state index contributed by atoms with van der Waals surface area (Å²) in [6.07, 6.45) is 9.99. The van der Waals surface area contributed by atoms with Crippen LogP contribution < -0.4 is 15.4 Å². The third kappa shape index (κ3) is 4.26. The van der Waals surface area contributed by atoms with E-state index < -0.39 is 0 Å². The van der Waals surface area contributed by atoms with Crippen LogP contribution in [0.1, 0.15) is 55.8 Å². The van der Waals surface area contributed by atoms with Gasteiger partial charge in [-0.05, 0) is 38.3 Å². The highest BCUT2D eigenvalue weighted by atomic mass is 16.5. The minimum Gasteiger partial charge on any atom is -0.489 e. The molecule has 2 N–H and O–H groups in total. The van der Waals surface area contributed by atoms with Gasteiger partial charge >= 0.3 is 0 Å². The molecule has 0 unspecified atom stereocenters. The van der Waals surface area contributed by atoms with Crippen LogP contribution in [0.15, 0.2) is 36.4 Å². The zero-order chi connectivity index (χ0) is 18.4. The standard InChI is InChI=1S/C21H28N2O3/c1-16-15-22-20(25)21(11-5-2-6-12-21)13-7-8-14-26-18-10-4-3-9-17(18)19(24)23-16/h3-4,7-10,16H,2,5-6,11-15H2,1H3,(H,22,25)(H,23,24)/b8-7-/t16-/m0/s1. The number of hydrogen-bond acceptors (Lipinski definition) is 3. The highest BCUT2D eigenvalue weighted by Gasteiger charge is 2.38. The molecule has 1 spiro atoms. The molecule has 0 aromatic heterocycles. The number of allylic oxidation sites excluding steroid dienone is 1. The number of carbonyl (C=O) groups excluding carboxylic acids is 2. The van der Waals surface area contributed by atoms with Gasteiger partial charge in [0.15, 0.2) is 0 Å². The summed E-state index contributed by atoms with van der Waals surface area (Å²) >= 11 is 0. The zero-order valence-corrected chi connectivity index (χ0v) is 15.4. The smallest absolute Gasteiger partial charge is 0.255 e. The Morgan fingerprint density at radius 1 is 1.08 bits per heavy atom. The van der Waals surface area contributed by atoms with Crippen LogP contribution in [0.2, 0.25) is 0 Å². The molecule has 2 aliphatic rings. The van der Waals surface area contributed by atoms with Crippen molar-refractivity contribution in [3.05, 3.63) is 42.0 Å². The van der Waals surface area contributed by atoms with Crippen LogP contribution in [0.5, 0.6) is 5.75 Å². The monoisotopic (exact) mass is 356 g/mol. The van der Waals surface area contributed by atoms with Gasteiger partial charge in [0.1, 0.15) is 12.4 Å². The van der Waals surface area contributed by atoms with E-state index >= 15 is 0 Å². The molecule has 1 atom stereocenters. The lowest BCUT2D eigenvalue weighted by Gasteiger charge is -2.35. The number of carbonyl (C=O) groups is 2. The number of amides is 2. The van der Waals surface area contributed by atoms with Gasteiger partial charge in [-0.25, -0.2) is 0 Å². The van der Waals surface area contributed by atoms with Crippen molar-refractivity contribution in [3.8, 4) is 5.75 Å². The molecule has 1 aliphatic carbocycles. The SMILES string of the molecule is C[C@H]1CNC(=O)C2(C/C=C\COc3ccccc3C(=O)N1)CCCCC2. The summed E-state index contributed by atoms with van der Waals surface area (Å²) in [5.74, 6) is 0.507. The summed E-state index contributed by atoms with van der Waals surface area (Å²) in [4.78, 5) is 25.4. The Morgan fingerprint density at radius 3 is 2.65 bits per heavy atom. The fraction of sp³-hybridized carbons (Fsp3) is 0.524. The Kier molecular flexibility index (Phi) is 5.96. The molecule has 26 heavy (non-hydrogen) atoms. The maximum absolute atomic E-state index is 12.9. The topological polar surface area (TPSA) is 67.4 Å². The van der Waals surface area contributed by atoms with Gasteiger partial charge in [-0.15, -0.1) is 0 Å². The molecule has 140 valence electrons. The van der Waals surface area contributed by atoms with Crippen LogP contribution in [-0.2, 0) is 4.79 Å². The van der Waals surface area contributed by atoms with Gasteiger partial charge in [0.05, 0.1) is 11.0 Å². The molecule has 2 amide bonds. The molecule has 0 radical (unpaired) electrons. The van der Waals surface area contributed by atoms with Crippen LogP contribution in [0, 0.1) is 5.41 Å². The van der Waals surface area contributed by atoms with E-state index in [1.807, 2.05) is 31.2 Å². The number of rotatable bonds is 0. The zero-order valence-electron chi connectivity index (χ0n) is 15.4. The first kappa shape index (κ1) is 18.5. The van der Waals surface area contributed by atoms with Crippen molar-refractivity contribution in [2.75, 3.05) is 13.2 Å². The van der Waals surface area contributed by atoms with Crippen molar-refractivity contribution in [1.29, 1.82) is 0 Å². The maximum atomic E-state index is 12.9. The van der Waals surface area contributed by atoms with E-state index in [9.17, 15) is 9.59 Å². The average molecular weight is 356 g/mol. The summed E-state index contributed by atoms with van der Waals surface area (Å²) in [7, 11) is 0. The van der Waals surface area contributed by atoms with E-state index in [2.05, 4.69) is 16.7 Å². The summed E-state index contributed by atoms with van der Waals surface area (Å²) in [5.41, 5.74) is 0.195. The first-order valence-corrected chi connectivity index (χ1v) is 9.57. The highest BCUT2D eigenvalue weighted by Crippen LogP contribution is 2.40. The number of fused-ring (bicyclic) bond motifs is 1. The number of hydrogen-bond donors (Lipinski definition) is 2. The number of ether oxygens (including phenoxy) is 1. The molecule has 1 aliphatic heterocycles. The molecular formula is C21H28N2O3. The van der Waals surface area contributed by atoms with E-state index in [4.69, 9.17) is 4.74 Å². The molecule has 3 rings (SSSR count). The lowest BCUT2D eigenvalue weighted by atomic mass is 9.71.